The van der Waals surface area contributed by atoms with Crippen LogP contribution in [0.15, 0.2) is 40.4 Å². The predicted octanol–water partition coefficient (Wildman–Crippen LogP) is 4.15. The number of hydrogen-bond acceptors (Lipinski definition) is 3. The summed E-state index contributed by atoms with van der Waals surface area (Å²) in [6, 6.07) is 8.92. The van der Waals surface area contributed by atoms with Gasteiger partial charge in [0.1, 0.15) is 0 Å². The Bertz CT molecular complexity index is 439. The summed E-state index contributed by atoms with van der Waals surface area (Å²) in [5.74, 6) is 0. The highest BCUT2D eigenvalue weighted by atomic mass is 79.9. The molecule has 1 atom stereocenters. The van der Waals surface area contributed by atoms with Gasteiger partial charge >= 0.3 is 0 Å². The quantitative estimate of drug-likeness (QED) is 0.897. The van der Waals surface area contributed by atoms with E-state index in [9.17, 15) is 0 Å². The molecular formula is C13H15BrN2S. The summed E-state index contributed by atoms with van der Waals surface area (Å²) in [7, 11) is 0. The van der Waals surface area contributed by atoms with Gasteiger partial charge < -0.3 is 5.32 Å². The SMILES string of the molecule is CCC(NCc1cncs1)c1ccc(Br)cc1. The fourth-order valence-electron chi connectivity index (χ4n) is 1.75. The van der Waals surface area contributed by atoms with E-state index in [1.807, 2.05) is 11.7 Å². The molecule has 0 aliphatic carbocycles. The highest BCUT2D eigenvalue weighted by Gasteiger charge is 2.08. The van der Waals surface area contributed by atoms with Gasteiger partial charge in [0.05, 0.1) is 5.51 Å². The van der Waals surface area contributed by atoms with Crippen LogP contribution in [-0.2, 0) is 6.54 Å². The molecule has 0 radical (unpaired) electrons. The van der Waals surface area contributed by atoms with Gasteiger partial charge in [-0.3, -0.25) is 4.98 Å². The van der Waals surface area contributed by atoms with Crippen molar-refractivity contribution in [2.24, 2.45) is 0 Å². The third-order valence-corrected chi connectivity index (χ3v) is 4.00. The topological polar surface area (TPSA) is 24.9 Å². The molecule has 4 heteroatoms. The van der Waals surface area contributed by atoms with Crippen molar-refractivity contribution >= 4 is 27.3 Å². The largest absolute Gasteiger partial charge is 0.305 e. The summed E-state index contributed by atoms with van der Waals surface area (Å²) in [4.78, 5) is 5.36. The molecule has 1 aromatic carbocycles. The second-order valence-electron chi connectivity index (χ2n) is 3.86. The minimum atomic E-state index is 0.408. The first-order valence-corrected chi connectivity index (χ1v) is 7.33. The minimum absolute atomic E-state index is 0.408. The zero-order chi connectivity index (χ0) is 12.1. The molecule has 0 spiro atoms. The zero-order valence-corrected chi connectivity index (χ0v) is 12.1. The van der Waals surface area contributed by atoms with Crippen LogP contribution in [0.25, 0.3) is 0 Å². The van der Waals surface area contributed by atoms with E-state index in [2.05, 4.69) is 57.4 Å². The fourth-order valence-corrected chi connectivity index (χ4v) is 2.56. The molecule has 2 nitrogen and oxygen atoms in total. The monoisotopic (exact) mass is 310 g/mol. The van der Waals surface area contributed by atoms with Crippen molar-refractivity contribution < 1.29 is 0 Å². The van der Waals surface area contributed by atoms with Crippen LogP contribution in [0.2, 0.25) is 0 Å². The highest BCUT2D eigenvalue weighted by molar-refractivity contribution is 9.10. The van der Waals surface area contributed by atoms with E-state index in [1.165, 1.54) is 10.4 Å². The summed E-state index contributed by atoms with van der Waals surface area (Å²) in [6.07, 6.45) is 3.01. The molecule has 2 rings (SSSR count). The highest BCUT2D eigenvalue weighted by Crippen LogP contribution is 2.20. The molecule has 0 aliphatic rings. The number of nitrogens with zero attached hydrogens (tertiary/aromatic N) is 1. The number of nitrogens with one attached hydrogen (secondary N) is 1. The summed E-state index contributed by atoms with van der Waals surface area (Å²) >= 11 is 5.15. The Balaban J connectivity index is 1.99. The zero-order valence-electron chi connectivity index (χ0n) is 9.69. The molecule has 2 aromatic rings. The fraction of sp³-hybridized carbons (Fsp3) is 0.308. The van der Waals surface area contributed by atoms with Crippen LogP contribution in [0.1, 0.15) is 29.8 Å². The van der Waals surface area contributed by atoms with Crippen molar-refractivity contribution in [1.82, 2.24) is 10.3 Å². The molecule has 0 saturated heterocycles. The summed E-state index contributed by atoms with van der Waals surface area (Å²) in [5, 5.41) is 3.56. The van der Waals surface area contributed by atoms with Gasteiger partial charge in [-0.25, -0.2) is 0 Å². The van der Waals surface area contributed by atoms with E-state index < -0.39 is 0 Å². The van der Waals surface area contributed by atoms with Gasteiger partial charge in [0.15, 0.2) is 0 Å². The third-order valence-electron chi connectivity index (χ3n) is 2.69. The van der Waals surface area contributed by atoms with Crippen molar-refractivity contribution in [1.29, 1.82) is 0 Å². The van der Waals surface area contributed by atoms with Gasteiger partial charge in [0, 0.05) is 28.1 Å². The molecule has 0 fully saturated rings. The van der Waals surface area contributed by atoms with E-state index in [0.717, 1.165) is 17.4 Å². The second kappa shape index (κ2) is 6.28. The molecule has 1 N–H and O–H groups in total. The minimum Gasteiger partial charge on any atom is -0.305 e. The Morgan fingerprint density at radius 2 is 2.12 bits per heavy atom. The molecule has 1 aromatic heterocycles. The third kappa shape index (κ3) is 3.63. The Labute approximate surface area is 114 Å². The standard InChI is InChI=1S/C13H15BrN2S/c1-2-13(10-3-5-11(14)6-4-10)16-8-12-7-15-9-17-12/h3-7,9,13,16H,2,8H2,1H3. The summed E-state index contributed by atoms with van der Waals surface area (Å²) < 4.78 is 1.12. The van der Waals surface area contributed by atoms with Crippen molar-refractivity contribution in [3.8, 4) is 0 Å². The normalized spacial score (nSPS) is 12.6. The molecule has 1 heterocycles. The van der Waals surface area contributed by atoms with E-state index in [0.29, 0.717) is 6.04 Å². The van der Waals surface area contributed by atoms with Gasteiger partial charge in [-0.05, 0) is 24.1 Å². The molecule has 17 heavy (non-hydrogen) atoms. The van der Waals surface area contributed by atoms with E-state index >= 15 is 0 Å². The van der Waals surface area contributed by atoms with Crippen LogP contribution in [0.5, 0.6) is 0 Å². The lowest BCUT2D eigenvalue weighted by molar-refractivity contribution is 0.521. The number of thiazole rings is 1. The predicted molar refractivity (Wildman–Crippen MR) is 76.1 cm³/mol. The number of rotatable bonds is 5. The van der Waals surface area contributed by atoms with Crippen LogP contribution in [-0.4, -0.2) is 4.98 Å². The van der Waals surface area contributed by atoms with Crippen LogP contribution < -0.4 is 5.32 Å². The van der Waals surface area contributed by atoms with Crippen molar-refractivity contribution in [3.05, 3.63) is 50.9 Å². The van der Waals surface area contributed by atoms with Gasteiger partial charge in [-0.15, -0.1) is 11.3 Å². The first-order chi connectivity index (χ1) is 8.29. The average molecular weight is 311 g/mol. The number of aromatic nitrogens is 1. The lowest BCUT2D eigenvalue weighted by Gasteiger charge is -2.16. The van der Waals surface area contributed by atoms with Crippen molar-refractivity contribution in [2.75, 3.05) is 0 Å². The first-order valence-electron chi connectivity index (χ1n) is 5.66. The summed E-state index contributed by atoms with van der Waals surface area (Å²) in [5.41, 5.74) is 3.21. The van der Waals surface area contributed by atoms with Crippen molar-refractivity contribution in [3.63, 3.8) is 0 Å². The van der Waals surface area contributed by atoms with Crippen LogP contribution in [0.4, 0.5) is 0 Å². The number of benzene rings is 1. The lowest BCUT2D eigenvalue weighted by atomic mass is 10.0. The van der Waals surface area contributed by atoms with Crippen LogP contribution >= 0.6 is 27.3 Å². The maximum absolute atomic E-state index is 4.08. The summed E-state index contributed by atoms with van der Waals surface area (Å²) in [6.45, 7) is 3.09. The van der Waals surface area contributed by atoms with E-state index in [4.69, 9.17) is 0 Å². The Morgan fingerprint density at radius 1 is 1.35 bits per heavy atom. The Kier molecular flexibility index (Phi) is 4.71. The Morgan fingerprint density at radius 3 is 2.71 bits per heavy atom. The maximum atomic E-state index is 4.08. The number of halogens is 1. The van der Waals surface area contributed by atoms with Gasteiger partial charge in [-0.1, -0.05) is 35.0 Å². The molecular weight excluding hydrogens is 296 g/mol. The first kappa shape index (κ1) is 12.7. The van der Waals surface area contributed by atoms with Crippen molar-refractivity contribution in [2.45, 2.75) is 25.9 Å². The van der Waals surface area contributed by atoms with E-state index in [-0.39, 0.29) is 0 Å². The number of hydrogen-bond donors (Lipinski definition) is 1. The molecule has 0 amide bonds. The van der Waals surface area contributed by atoms with E-state index in [1.54, 1.807) is 11.3 Å². The lowest BCUT2D eigenvalue weighted by Crippen LogP contribution is -2.19. The molecule has 0 aliphatic heterocycles. The molecule has 1 unspecified atom stereocenters. The van der Waals surface area contributed by atoms with Gasteiger partial charge in [-0.2, -0.15) is 0 Å². The molecule has 90 valence electrons. The second-order valence-corrected chi connectivity index (χ2v) is 5.75. The molecule has 0 bridgehead atoms. The average Bonchev–Trinajstić information content (AvgIpc) is 2.85. The van der Waals surface area contributed by atoms with Crippen LogP contribution in [0, 0.1) is 0 Å². The molecule has 0 saturated carbocycles. The van der Waals surface area contributed by atoms with Gasteiger partial charge in [0.25, 0.3) is 0 Å². The van der Waals surface area contributed by atoms with Crippen LogP contribution in [0.3, 0.4) is 0 Å². The maximum Gasteiger partial charge on any atom is 0.0794 e. The Hall–Kier alpha value is -0.710. The smallest absolute Gasteiger partial charge is 0.0794 e. The van der Waals surface area contributed by atoms with Gasteiger partial charge in [0.2, 0.25) is 0 Å².